The number of carbonyl (C=O) groups is 1. The molecule has 6 nitrogen and oxygen atoms in total. The zero-order valence-corrected chi connectivity index (χ0v) is 13.0. The Morgan fingerprint density at radius 3 is 2.18 bits per heavy atom. The molecule has 2 aromatic carbocycles. The van der Waals surface area contributed by atoms with E-state index in [0.29, 0.717) is 11.3 Å². The molecule has 22 heavy (non-hydrogen) atoms. The average Bonchev–Trinajstić information content (AvgIpc) is 2.54. The van der Waals surface area contributed by atoms with E-state index in [-0.39, 0.29) is 10.8 Å². The highest BCUT2D eigenvalue weighted by Gasteiger charge is 2.15. The van der Waals surface area contributed by atoms with Crippen molar-refractivity contribution in [2.24, 2.45) is 0 Å². The van der Waals surface area contributed by atoms with E-state index in [1.165, 1.54) is 50.6 Å². The Bertz CT molecular complexity index is 743. The fraction of sp³-hybridized carbons (Fsp3) is 0.133. The molecule has 116 valence electrons. The van der Waals surface area contributed by atoms with Gasteiger partial charge in [0, 0.05) is 18.3 Å². The van der Waals surface area contributed by atoms with Crippen LogP contribution in [-0.2, 0) is 14.9 Å². The van der Waals surface area contributed by atoms with Crippen molar-refractivity contribution in [2.45, 2.75) is 4.90 Å². The zero-order chi connectivity index (χ0) is 16.2. The summed E-state index contributed by atoms with van der Waals surface area (Å²) < 4.78 is 26.8. The number of sulfonamides is 1. The Kier molecular flexibility index (Phi) is 4.79. The standard InChI is InChI=1S/C15H16N2O4S/c1-17(21-2)15(18)12-8-10-13(11-9-12)16-22(19,20)14-6-4-3-5-7-14/h3-11,16H,1-2H3. The first kappa shape index (κ1) is 16.0. The molecule has 0 fully saturated rings. The van der Waals surface area contributed by atoms with E-state index in [2.05, 4.69) is 4.72 Å². The van der Waals surface area contributed by atoms with E-state index >= 15 is 0 Å². The monoisotopic (exact) mass is 320 g/mol. The number of anilines is 1. The van der Waals surface area contributed by atoms with Gasteiger partial charge in [-0.15, -0.1) is 0 Å². The lowest BCUT2D eigenvalue weighted by molar-refractivity contribution is -0.0756. The number of carbonyl (C=O) groups excluding carboxylic acids is 1. The van der Waals surface area contributed by atoms with Gasteiger partial charge >= 0.3 is 0 Å². The van der Waals surface area contributed by atoms with Crippen molar-refractivity contribution in [3.05, 3.63) is 60.2 Å². The predicted molar refractivity (Wildman–Crippen MR) is 82.8 cm³/mol. The smallest absolute Gasteiger partial charge is 0.277 e. The Labute approximate surface area is 129 Å². The molecule has 0 atom stereocenters. The second-order valence-corrected chi connectivity index (χ2v) is 6.16. The highest BCUT2D eigenvalue weighted by molar-refractivity contribution is 7.92. The minimum Gasteiger partial charge on any atom is -0.280 e. The first-order valence-corrected chi connectivity index (χ1v) is 7.92. The molecule has 2 aromatic rings. The molecule has 0 aliphatic heterocycles. The third kappa shape index (κ3) is 3.63. The molecule has 7 heteroatoms. The molecule has 0 aromatic heterocycles. The van der Waals surface area contributed by atoms with Crippen molar-refractivity contribution in [3.63, 3.8) is 0 Å². The van der Waals surface area contributed by atoms with Gasteiger partial charge in [-0.2, -0.15) is 0 Å². The molecule has 2 rings (SSSR count). The lowest BCUT2D eigenvalue weighted by Gasteiger charge is -2.14. The molecule has 0 unspecified atom stereocenters. The maximum Gasteiger partial charge on any atom is 0.277 e. The van der Waals surface area contributed by atoms with Crippen LogP contribution in [-0.4, -0.2) is 33.5 Å². The minimum atomic E-state index is -3.64. The van der Waals surface area contributed by atoms with Crippen LogP contribution in [0.1, 0.15) is 10.4 Å². The number of hydrogen-bond donors (Lipinski definition) is 1. The highest BCUT2D eigenvalue weighted by atomic mass is 32.2. The van der Waals surface area contributed by atoms with Crippen molar-refractivity contribution >= 4 is 21.6 Å². The summed E-state index contributed by atoms with van der Waals surface area (Å²) in [6.45, 7) is 0. The van der Waals surface area contributed by atoms with Gasteiger partial charge in [0.2, 0.25) is 0 Å². The number of amides is 1. The van der Waals surface area contributed by atoms with Crippen molar-refractivity contribution in [1.82, 2.24) is 5.06 Å². The van der Waals surface area contributed by atoms with Crippen LogP contribution in [0.4, 0.5) is 5.69 Å². The first-order valence-electron chi connectivity index (χ1n) is 6.44. The molecular formula is C15H16N2O4S. The summed E-state index contributed by atoms with van der Waals surface area (Å²) in [6.07, 6.45) is 0. The van der Waals surface area contributed by atoms with Crippen LogP contribution >= 0.6 is 0 Å². The third-order valence-electron chi connectivity index (χ3n) is 3.00. The lowest BCUT2D eigenvalue weighted by Crippen LogP contribution is -2.25. The van der Waals surface area contributed by atoms with Gasteiger partial charge in [0.25, 0.3) is 15.9 Å². The van der Waals surface area contributed by atoms with Gasteiger partial charge in [0.15, 0.2) is 0 Å². The Hall–Kier alpha value is -2.38. The first-order chi connectivity index (χ1) is 10.4. The van der Waals surface area contributed by atoms with Crippen molar-refractivity contribution in [2.75, 3.05) is 18.9 Å². The Balaban J connectivity index is 2.17. The van der Waals surface area contributed by atoms with Crippen molar-refractivity contribution < 1.29 is 18.0 Å². The van der Waals surface area contributed by atoms with Crippen LogP contribution < -0.4 is 4.72 Å². The number of hydroxylamine groups is 2. The Morgan fingerprint density at radius 1 is 1.05 bits per heavy atom. The molecule has 0 saturated carbocycles. The van der Waals surface area contributed by atoms with E-state index in [1.807, 2.05) is 0 Å². The fourth-order valence-corrected chi connectivity index (χ4v) is 2.84. The molecule has 0 aliphatic carbocycles. The quantitative estimate of drug-likeness (QED) is 0.856. The van der Waals surface area contributed by atoms with Gasteiger partial charge in [0.1, 0.15) is 0 Å². The van der Waals surface area contributed by atoms with Crippen molar-refractivity contribution in [1.29, 1.82) is 0 Å². The van der Waals surface area contributed by atoms with Gasteiger partial charge in [0.05, 0.1) is 12.0 Å². The fourth-order valence-electron chi connectivity index (χ4n) is 1.76. The summed E-state index contributed by atoms with van der Waals surface area (Å²) in [4.78, 5) is 16.8. The zero-order valence-electron chi connectivity index (χ0n) is 12.2. The highest BCUT2D eigenvalue weighted by Crippen LogP contribution is 2.17. The molecule has 0 bridgehead atoms. The van der Waals surface area contributed by atoms with Crippen molar-refractivity contribution in [3.8, 4) is 0 Å². The summed E-state index contributed by atoms with van der Waals surface area (Å²) >= 11 is 0. The van der Waals surface area contributed by atoms with E-state index in [0.717, 1.165) is 5.06 Å². The number of nitrogens with one attached hydrogen (secondary N) is 1. The van der Waals surface area contributed by atoms with Crippen LogP contribution in [0.25, 0.3) is 0 Å². The van der Waals surface area contributed by atoms with E-state index in [4.69, 9.17) is 4.84 Å². The molecule has 0 aliphatic rings. The summed E-state index contributed by atoms with van der Waals surface area (Å²) in [5.74, 6) is -0.319. The van der Waals surface area contributed by atoms with Crippen LogP contribution in [0.2, 0.25) is 0 Å². The van der Waals surface area contributed by atoms with E-state index < -0.39 is 10.0 Å². The third-order valence-corrected chi connectivity index (χ3v) is 4.39. The number of nitrogens with zero attached hydrogens (tertiary/aromatic N) is 1. The van der Waals surface area contributed by atoms with Crippen LogP contribution in [0.5, 0.6) is 0 Å². The van der Waals surface area contributed by atoms with Crippen LogP contribution in [0.3, 0.4) is 0 Å². The van der Waals surface area contributed by atoms with Gasteiger partial charge in [-0.3, -0.25) is 14.4 Å². The molecule has 0 radical (unpaired) electrons. The lowest BCUT2D eigenvalue weighted by atomic mass is 10.2. The maximum absolute atomic E-state index is 12.2. The van der Waals surface area contributed by atoms with Gasteiger partial charge < -0.3 is 0 Å². The molecule has 0 heterocycles. The number of rotatable bonds is 5. The molecule has 1 amide bonds. The van der Waals surface area contributed by atoms with Gasteiger partial charge in [-0.05, 0) is 36.4 Å². The minimum absolute atomic E-state index is 0.175. The van der Waals surface area contributed by atoms with Gasteiger partial charge in [-0.25, -0.2) is 13.5 Å². The normalized spacial score (nSPS) is 11.0. The second-order valence-electron chi connectivity index (χ2n) is 4.48. The van der Waals surface area contributed by atoms with E-state index in [9.17, 15) is 13.2 Å². The number of hydrogen-bond acceptors (Lipinski definition) is 4. The summed E-state index contributed by atoms with van der Waals surface area (Å²) in [5, 5.41) is 1.09. The van der Waals surface area contributed by atoms with Crippen LogP contribution in [0.15, 0.2) is 59.5 Å². The van der Waals surface area contributed by atoms with E-state index in [1.54, 1.807) is 18.2 Å². The second kappa shape index (κ2) is 6.59. The summed E-state index contributed by atoms with van der Waals surface area (Å²) in [7, 11) is -0.754. The van der Waals surface area contributed by atoms with Gasteiger partial charge in [-0.1, -0.05) is 18.2 Å². The largest absolute Gasteiger partial charge is 0.280 e. The molecule has 0 saturated heterocycles. The predicted octanol–water partition coefficient (Wildman–Crippen LogP) is 2.12. The van der Waals surface area contributed by atoms with Crippen LogP contribution in [0, 0.1) is 0 Å². The molecule has 1 N–H and O–H groups in total. The summed E-state index contributed by atoms with van der Waals surface area (Å²) in [6, 6.07) is 14.2. The topological polar surface area (TPSA) is 75.7 Å². The average molecular weight is 320 g/mol. The summed E-state index contributed by atoms with van der Waals surface area (Å²) in [5.41, 5.74) is 0.771. The Morgan fingerprint density at radius 2 is 1.64 bits per heavy atom. The number of benzene rings is 2. The molecular weight excluding hydrogens is 304 g/mol. The maximum atomic E-state index is 12.2. The SMILES string of the molecule is CON(C)C(=O)c1ccc(NS(=O)(=O)c2ccccc2)cc1. The molecule has 0 spiro atoms.